The van der Waals surface area contributed by atoms with Gasteiger partial charge in [0.25, 0.3) is 0 Å². The van der Waals surface area contributed by atoms with Crippen molar-refractivity contribution in [2.24, 2.45) is 5.92 Å². The van der Waals surface area contributed by atoms with E-state index in [2.05, 4.69) is 21.6 Å². The predicted molar refractivity (Wildman–Crippen MR) is 123 cm³/mol. The van der Waals surface area contributed by atoms with Crippen LogP contribution in [0.3, 0.4) is 0 Å². The highest BCUT2D eigenvalue weighted by Gasteiger charge is 2.37. The topological polar surface area (TPSA) is 101 Å². The molecule has 1 aromatic heterocycles. The van der Waals surface area contributed by atoms with E-state index < -0.39 is 18.6 Å². The minimum atomic E-state index is -3.38. The Morgan fingerprint density at radius 1 is 1.41 bits per heavy atom. The third kappa shape index (κ3) is 6.07. The molecule has 0 radical (unpaired) electrons. The third-order valence-electron chi connectivity index (χ3n) is 4.80. The number of hydrogen-bond acceptors (Lipinski definition) is 6. The summed E-state index contributed by atoms with van der Waals surface area (Å²) in [5.41, 5.74) is 1.50. The van der Waals surface area contributed by atoms with Gasteiger partial charge in [0.2, 0.25) is 0 Å². The molecular formula is C21H23ClF2N4O3P+. The molecule has 0 aliphatic carbocycles. The summed E-state index contributed by atoms with van der Waals surface area (Å²) < 4.78 is 32.4. The highest BCUT2D eigenvalue weighted by Crippen LogP contribution is 2.32. The number of aliphatic hydroxyl groups excluding tert-OH is 2. The lowest BCUT2D eigenvalue weighted by Crippen LogP contribution is -2.45. The molecule has 0 amide bonds. The van der Waals surface area contributed by atoms with Crippen LogP contribution in [0.1, 0.15) is 17.2 Å². The molecule has 1 aliphatic rings. The maximum atomic E-state index is 13.0. The Hall–Kier alpha value is -2.45. The van der Waals surface area contributed by atoms with Crippen LogP contribution in [0.5, 0.6) is 5.75 Å². The Morgan fingerprint density at radius 3 is 2.62 bits per heavy atom. The standard InChI is InChI=1S/C21H23ClF2N4O3P/c1-12(22)8-28-9-13(10-28)19(25)18-16(17(30)11-29)6-7-26-20(18)27-14-2-4-15(5-3-14)31-21(23,24)32/h2-8,13,17,25,29-30H,1,9-11,32H2,(H,26,27)/q+1. The third-order valence-corrected chi connectivity index (χ3v) is 5.01. The molecule has 2 aromatic rings. The lowest BCUT2D eigenvalue weighted by atomic mass is 9.87. The van der Waals surface area contributed by atoms with Crippen LogP contribution in [0.4, 0.5) is 20.3 Å². The second kappa shape index (κ2) is 10.0. The zero-order chi connectivity index (χ0) is 23.5. The maximum absolute atomic E-state index is 13.0. The van der Waals surface area contributed by atoms with E-state index in [-0.39, 0.29) is 17.4 Å². The van der Waals surface area contributed by atoms with Crippen molar-refractivity contribution in [2.75, 3.05) is 25.0 Å². The fourth-order valence-electron chi connectivity index (χ4n) is 3.33. The number of nitrogens with zero attached hydrogens (tertiary/aromatic N) is 2. The van der Waals surface area contributed by atoms with Crippen molar-refractivity contribution in [3.8, 4) is 5.75 Å². The molecule has 2 atom stereocenters. The largest absolute Gasteiger partial charge is 0.430 e. The first kappa shape index (κ1) is 24.2. The first-order valence-corrected chi connectivity index (χ1v) is 10.6. The molecule has 1 fully saturated rings. The fraction of sp³-hybridized carbons (Fsp3) is 0.286. The molecule has 1 saturated heterocycles. The number of alkyl halides is 2. The van der Waals surface area contributed by atoms with Crippen molar-refractivity contribution in [1.29, 1.82) is 5.41 Å². The smallest absolute Gasteiger partial charge is 0.408 e. The average Bonchev–Trinajstić information content (AvgIpc) is 2.69. The molecule has 7 nitrogen and oxygen atoms in total. The number of halogens is 3. The maximum Gasteiger partial charge on any atom is 0.408 e. The second-order valence-electron chi connectivity index (χ2n) is 7.28. The van der Waals surface area contributed by atoms with Gasteiger partial charge < -0.3 is 25.7 Å². The van der Waals surface area contributed by atoms with Gasteiger partial charge in [0.05, 0.1) is 17.4 Å². The van der Waals surface area contributed by atoms with E-state index in [1.165, 1.54) is 39.7 Å². The Balaban J connectivity index is 1.88. The van der Waals surface area contributed by atoms with Crippen LogP contribution in [0.2, 0.25) is 0 Å². The van der Waals surface area contributed by atoms with Crippen LogP contribution >= 0.6 is 20.8 Å². The van der Waals surface area contributed by atoms with Gasteiger partial charge in [0.1, 0.15) is 23.6 Å². The molecule has 11 heteroatoms. The molecule has 3 rings (SSSR count). The SMILES string of the molecule is C=C(Cl)C=[N+]1CC(C(=N)c2c(C(O)CO)ccnc2Nc2ccc(OC(F)(F)P)cc2)C1. The predicted octanol–water partition coefficient (Wildman–Crippen LogP) is 3.49. The van der Waals surface area contributed by atoms with Gasteiger partial charge in [0, 0.05) is 17.4 Å². The van der Waals surface area contributed by atoms with Gasteiger partial charge in [-0.25, -0.2) is 9.56 Å². The van der Waals surface area contributed by atoms with Gasteiger partial charge >= 0.3 is 5.85 Å². The lowest BCUT2D eigenvalue weighted by Gasteiger charge is -2.27. The zero-order valence-corrected chi connectivity index (χ0v) is 18.8. The Kier molecular flexibility index (Phi) is 7.56. The van der Waals surface area contributed by atoms with Gasteiger partial charge in [-0.05, 0) is 45.1 Å². The number of pyridine rings is 1. The molecule has 170 valence electrons. The molecule has 32 heavy (non-hydrogen) atoms. The first-order chi connectivity index (χ1) is 15.1. The molecule has 0 spiro atoms. The summed E-state index contributed by atoms with van der Waals surface area (Å²) >= 11 is 5.80. The van der Waals surface area contributed by atoms with Crippen LogP contribution in [0.25, 0.3) is 0 Å². The van der Waals surface area contributed by atoms with Gasteiger partial charge in [-0.1, -0.05) is 18.2 Å². The van der Waals surface area contributed by atoms with Crippen molar-refractivity contribution >= 4 is 44.3 Å². The normalized spacial score (nSPS) is 16.7. The van der Waals surface area contributed by atoms with E-state index in [0.29, 0.717) is 40.8 Å². The Labute approximate surface area is 191 Å². The van der Waals surface area contributed by atoms with Crippen molar-refractivity contribution in [1.82, 2.24) is 4.98 Å². The molecule has 4 N–H and O–H groups in total. The van der Waals surface area contributed by atoms with Crippen molar-refractivity contribution in [2.45, 2.75) is 12.0 Å². The number of ether oxygens (including phenoxy) is 1. The number of aromatic nitrogens is 1. The van der Waals surface area contributed by atoms with Gasteiger partial charge in [-0.15, -0.1) is 0 Å². The number of benzene rings is 1. The lowest BCUT2D eigenvalue weighted by molar-refractivity contribution is -0.591. The summed E-state index contributed by atoms with van der Waals surface area (Å²) in [6.45, 7) is 4.19. The van der Waals surface area contributed by atoms with E-state index in [1.807, 2.05) is 4.58 Å². The number of rotatable bonds is 9. The number of hydrogen-bond donors (Lipinski definition) is 4. The number of anilines is 2. The number of allylic oxidation sites excluding steroid dienone is 1. The van der Waals surface area contributed by atoms with Gasteiger partial charge in [-0.2, -0.15) is 8.78 Å². The Bertz CT molecular complexity index is 1040. The van der Waals surface area contributed by atoms with Crippen LogP contribution in [0, 0.1) is 11.3 Å². The molecule has 0 bridgehead atoms. The van der Waals surface area contributed by atoms with E-state index in [1.54, 1.807) is 12.3 Å². The molecule has 1 aromatic carbocycles. The Morgan fingerprint density at radius 2 is 2.06 bits per heavy atom. The number of nitrogens with one attached hydrogen (secondary N) is 2. The molecular weight excluding hydrogens is 461 g/mol. The fourth-order valence-corrected chi connectivity index (χ4v) is 3.61. The monoisotopic (exact) mass is 483 g/mol. The molecule has 2 heterocycles. The molecule has 1 aliphatic heterocycles. The van der Waals surface area contributed by atoms with Gasteiger partial charge in [-0.3, -0.25) is 0 Å². The summed E-state index contributed by atoms with van der Waals surface area (Å²) in [4.78, 5) is 4.31. The highest BCUT2D eigenvalue weighted by atomic mass is 35.5. The van der Waals surface area contributed by atoms with E-state index in [4.69, 9.17) is 17.0 Å². The first-order valence-electron chi connectivity index (χ1n) is 9.60. The zero-order valence-electron chi connectivity index (χ0n) is 16.9. The highest BCUT2D eigenvalue weighted by molar-refractivity contribution is 7.17. The van der Waals surface area contributed by atoms with Crippen molar-refractivity contribution < 1.29 is 28.3 Å². The van der Waals surface area contributed by atoms with E-state index >= 15 is 0 Å². The van der Waals surface area contributed by atoms with Crippen LogP contribution < -0.4 is 10.1 Å². The summed E-state index contributed by atoms with van der Waals surface area (Å²) in [7, 11) is 1.30. The van der Waals surface area contributed by atoms with Crippen LogP contribution in [0.15, 0.2) is 48.1 Å². The van der Waals surface area contributed by atoms with Crippen molar-refractivity contribution in [3.63, 3.8) is 0 Å². The summed E-state index contributed by atoms with van der Waals surface area (Å²) in [6, 6.07) is 7.36. The summed E-state index contributed by atoms with van der Waals surface area (Å²) in [5.74, 6) is -3.24. The minimum absolute atomic E-state index is 0.0207. The van der Waals surface area contributed by atoms with Crippen LogP contribution in [-0.2, 0) is 0 Å². The summed E-state index contributed by atoms with van der Waals surface area (Å²) in [6.07, 6.45) is 1.95. The number of aliphatic hydroxyl groups is 2. The van der Waals surface area contributed by atoms with E-state index in [9.17, 15) is 19.0 Å². The quantitative estimate of drug-likeness (QED) is 0.248. The molecule has 2 unspecified atom stereocenters. The average molecular weight is 484 g/mol. The van der Waals surface area contributed by atoms with Crippen LogP contribution in [-0.4, -0.2) is 57.2 Å². The summed E-state index contributed by atoms with van der Waals surface area (Å²) in [5, 5.41) is 32.0. The molecule has 0 saturated carbocycles. The van der Waals surface area contributed by atoms with E-state index in [0.717, 1.165) is 0 Å². The van der Waals surface area contributed by atoms with Crippen molar-refractivity contribution in [3.05, 3.63) is 59.3 Å². The van der Waals surface area contributed by atoms with Gasteiger partial charge in [0.15, 0.2) is 19.3 Å². The minimum Gasteiger partial charge on any atom is -0.430 e. The second-order valence-corrected chi connectivity index (χ2v) is 8.43.